The number of carbonyl (C=O) groups is 3. The number of aliphatic carboxylic acids is 1. The summed E-state index contributed by atoms with van der Waals surface area (Å²) >= 11 is 0. The molecule has 11 atom stereocenters. The van der Waals surface area contributed by atoms with Gasteiger partial charge in [-0.1, -0.05) is 46.8 Å². The molecule has 0 aliphatic heterocycles. The van der Waals surface area contributed by atoms with E-state index in [2.05, 4.69) is 27.7 Å². The van der Waals surface area contributed by atoms with Crippen molar-refractivity contribution in [3.8, 4) is 0 Å². The Morgan fingerprint density at radius 2 is 1.79 bits per heavy atom. The average Bonchev–Trinajstić information content (AvgIpc) is 3.10. The predicted octanol–water partition coefficient (Wildman–Crippen LogP) is 4.70. The number of carboxylic acids is 1. The minimum atomic E-state index is -1.06. The van der Waals surface area contributed by atoms with Gasteiger partial charge in [-0.05, 0) is 90.4 Å². The Labute approximate surface area is 226 Å². The summed E-state index contributed by atoms with van der Waals surface area (Å²) in [5.41, 5.74) is 0.0140. The van der Waals surface area contributed by atoms with Crippen LogP contribution in [-0.2, 0) is 19.1 Å². The van der Waals surface area contributed by atoms with Gasteiger partial charge in [0.2, 0.25) is 0 Å². The lowest BCUT2D eigenvalue weighted by Crippen LogP contribution is -2.65. The zero-order valence-corrected chi connectivity index (χ0v) is 23.8. The molecular formula is C31H46O7. The van der Waals surface area contributed by atoms with Gasteiger partial charge in [-0.25, -0.2) is 4.79 Å². The van der Waals surface area contributed by atoms with Crippen LogP contribution < -0.4 is 0 Å². The van der Waals surface area contributed by atoms with Crippen LogP contribution in [0, 0.1) is 45.8 Å². The van der Waals surface area contributed by atoms with Gasteiger partial charge >= 0.3 is 11.9 Å². The Hall–Kier alpha value is -1.99. The molecule has 0 saturated heterocycles. The summed E-state index contributed by atoms with van der Waals surface area (Å²) in [5.74, 6) is -1.57. The number of aldehydes is 1. The number of rotatable bonds is 6. The third-order valence-electron chi connectivity index (χ3n) is 11.6. The number of hydrogen-bond donors (Lipinski definition) is 3. The summed E-state index contributed by atoms with van der Waals surface area (Å²) in [6.07, 6.45) is 7.09. The van der Waals surface area contributed by atoms with Crippen molar-refractivity contribution in [1.82, 2.24) is 0 Å². The number of aliphatic hydroxyl groups is 2. The highest BCUT2D eigenvalue weighted by Gasteiger charge is 2.70. The summed E-state index contributed by atoms with van der Waals surface area (Å²) in [6.45, 7) is 12.0. The van der Waals surface area contributed by atoms with E-state index in [1.165, 1.54) is 6.92 Å². The van der Waals surface area contributed by atoms with Gasteiger partial charge in [0.1, 0.15) is 12.4 Å². The highest BCUT2D eigenvalue weighted by Crippen LogP contribution is 2.74. The van der Waals surface area contributed by atoms with Crippen LogP contribution in [0.1, 0.15) is 86.5 Å². The Morgan fingerprint density at radius 1 is 1.11 bits per heavy atom. The number of carboxylic acid groups (broad SMARTS) is 1. The molecule has 212 valence electrons. The van der Waals surface area contributed by atoms with E-state index >= 15 is 0 Å². The molecule has 38 heavy (non-hydrogen) atoms. The van der Waals surface area contributed by atoms with Gasteiger partial charge in [-0.3, -0.25) is 4.79 Å². The summed E-state index contributed by atoms with van der Waals surface area (Å²) in [6, 6.07) is 0. The minimum Gasteiger partial charge on any atom is -0.478 e. The highest BCUT2D eigenvalue weighted by molar-refractivity contribution is 5.88. The third kappa shape index (κ3) is 4.38. The van der Waals surface area contributed by atoms with Crippen LogP contribution in [0.2, 0.25) is 0 Å². The maximum absolute atomic E-state index is 12.6. The highest BCUT2D eigenvalue weighted by atomic mass is 16.5. The lowest BCUT2D eigenvalue weighted by atomic mass is 9.36. The fraction of sp³-hybridized carbons (Fsp3) is 0.774. The molecule has 2 unspecified atom stereocenters. The zero-order chi connectivity index (χ0) is 28.2. The fourth-order valence-electron chi connectivity index (χ4n) is 9.68. The molecule has 7 nitrogen and oxygen atoms in total. The number of fused-ring (bicyclic) bond motifs is 5. The van der Waals surface area contributed by atoms with Gasteiger partial charge in [-0.2, -0.15) is 0 Å². The van der Waals surface area contributed by atoms with Gasteiger partial charge < -0.3 is 24.9 Å². The van der Waals surface area contributed by atoms with Crippen molar-refractivity contribution in [2.45, 2.75) is 105 Å². The summed E-state index contributed by atoms with van der Waals surface area (Å²) < 4.78 is 5.83. The Kier molecular flexibility index (Phi) is 7.78. The number of hydrogen-bond acceptors (Lipinski definition) is 6. The van der Waals surface area contributed by atoms with Crippen molar-refractivity contribution in [2.24, 2.45) is 45.8 Å². The summed E-state index contributed by atoms with van der Waals surface area (Å²) in [4.78, 5) is 35.9. The predicted molar refractivity (Wildman–Crippen MR) is 143 cm³/mol. The van der Waals surface area contributed by atoms with E-state index in [1.54, 1.807) is 19.1 Å². The van der Waals surface area contributed by atoms with Crippen LogP contribution in [0.4, 0.5) is 0 Å². The maximum Gasteiger partial charge on any atom is 0.331 e. The Morgan fingerprint density at radius 3 is 2.39 bits per heavy atom. The SMILES string of the molecule is CC(=O)O[C@H]1C[C@@]2(C)[C@H](C[C@@H](O)[C@@H]3[C@@]4(C)CC[C@@H](O)[C@@H](C)C4CC[C@@]32C)C1=C(CC=CC(C)C=O)C(=O)O. The minimum absolute atomic E-state index is 0.00360. The standard InChI is InChI=1S/C31H46O7/c1-17(16-32)8-7-9-20(28(36)37)26-22-14-24(35)27-29(4)12-11-23(34)18(2)21(29)10-13-30(27,5)31(22,6)15-25(26)38-19(3)33/h7-8,16-18,21-25,27,34-35H,9-15H2,1-6H3,(H,36,37)/t17?,18-,21?,22+,23+,24+,25-,27+,29-,30-,31-/m0/s1. The topological polar surface area (TPSA) is 121 Å². The second kappa shape index (κ2) is 10.2. The van der Waals surface area contributed by atoms with E-state index in [-0.39, 0.29) is 58.0 Å². The number of esters is 1. The van der Waals surface area contributed by atoms with Gasteiger partial charge in [-0.15, -0.1) is 0 Å². The average molecular weight is 531 g/mol. The first kappa shape index (κ1) is 29.0. The van der Waals surface area contributed by atoms with Crippen molar-refractivity contribution in [3.63, 3.8) is 0 Å². The van der Waals surface area contributed by atoms with Gasteiger partial charge in [0.25, 0.3) is 0 Å². The smallest absolute Gasteiger partial charge is 0.331 e. The molecule has 0 aromatic heterocycles. The van der Waals surface area contributed by atoms with E-state index in [4.69, 9.17) is 4.74 Å². The molecule has 3 N–H and O–H groups in total. The largest absolute Gasteiger partial charge is 0.478 e. The molecule has 0 aromatic carbocycles. The van der Waals surface area contributed by atoms with Gasteiger partial charge in [0.05, 0.1) is 12.2 Å². The summed E-state index contributed by atoms with van der Waals surface area (Å²) in [7, 11) is 0. The molecule has 0 amide bonds. The molecule has 4 rings (SSSR count). The first-order valence-electron chi connectivity index (χ1n) is 14.3. The molecule has 4 fully saturated rings. The number of ether oxygens (including phenoxy) is 1. The number of carbonyl (C=O) groups excluding carboxylic acids is 2. The second-order valence-electron chi connectivity index (χ2n) is 13.5. The molecule has 0 heterocycles. The van der Waals surface area contributed by atoms with E-state index in [9.17, 15) is 29.7 Å². The van der Waals surface area contributed by atoms with Crippen LogP contribution in [-0.4, -0.2) is 51.9 Å². The molecule has 0 bridgehead atoms. The third-order valence-corrected chi connectivity index (χ3v) is 11.6. The molecule has 0 aromatic rings. The molecule has 7 heteroatoms. The molecule has 0 spiro atoms. The van der Waals surface area contributed by atoms with Crippen molar-refractivity contribution < 1.29 is 34.4 Å². The van der Waals surface area contributed by atoms with E-state index in [1.807, 2.05) is 0 Å². The van der Waals surface area contributed by atoms with Crippen LogP contribution in [0.5, 0.6) is 0 Å². The maximum atomic E-state index is 12.6. The van der Waals surface area contributed by atoms with E-state index < -0.39 is 24.1 Å². The quantitative estimate of drug-likeness (QED) is 0.197. The van der Waals surface area contributed by atoms with Gasteiger partial charge in [0.15, 0.2) is 0 Å². The van der Waals surface area contributed by atoms with Crippen LogP contribution in [0.15, 0.2) is 23.3 Å². The zero-order valence-electron chi connectivity index (χ0n) is 23.8. The Bertz CT molecular complexity index is 1030. The lowest BCUT2D eigenvalue weighted by molar-refractivity contribution is -0.234. The first-order valence-corrected chi connectivity index (χ1v) is 14.3. The monoisotopic (exact) mass is 530 g/mol. The molecule has 4 aliphatic rings. The molecule has 0 radical (unpaired) electrons. The van der Waals surface area contributed by atoms with Crippen molar-refractivity contribution in [2.75, 3.05) is 0 Å². The summed E-state index contributed by atoms with van der Waals surface area (Å²) in [5, 5.41) is 32.8. The first-order chi connectivity index (χ1) is 17.7. The van der Waals surface area contributed by atoms with Crippen LogP contribution >= 0.6 is 0 Å². The molecule has 4 aliphatic carbocycles. The van der Waals surface area contributed by atoms with Crippen molar-refractivity contribution in [1.29, 1.82) is 0 Å². The van der Waals surface area contributed by atoms with E-state index in [0.717, 1.165) is 32.0 Å². The second-order valence-corrected chi connectivity index (χ2v) is 13.5. The number of aliphatic hydroxyl groups excluding tert-OH is 2. The normalized spacial score (nSPS) is 46.5. The van der Waals surface area contributed by atoms with Crippen molar-refractivity contribution in [3.05, 3.63) is 23.3 Å². The van der Waals surface area contributed by atoms with Crippen LogP contribution in [0.3, 0.4) is 0 Å². The number of allylic oxidation sites excluding steroid dienone is 2. The fourth-order valence-corrected chi connectivity index (χ4v) is 9.68. The molecule has 4 saturated carbocycles. The van der Waals surface area contributed by atoms with E-state index in [0.29, 0.717) is 24.3 Å². The van der Waals surface area contributed by atoms with Crippen molar-refractivity contribution >= 4 is 18.2 Å². The Balaban J connectivity index is 1.82. The molecular weight excluding hydrogens is 484 g/mol. The van der Waals surface area contributed by atoms with Gasteiger partial charge in [0, 0.05) is 18.4 Å². The lowest BCUT2D eigenvalue weighted by Gasteiger charge is -2.69. The van der Waals surface area contributed by atoms with Crippen LogP contribution in [0.25, 0.3) is 0 Å².